The number of ketones is 1. The monoisotopic (exact) mass is 270 g/mol. The lowest BCUT2D eigenvalue weighted by molar-refractivity contribution is -0.138. The number of nitrogens with one attached hydrogen (secondary N) is 1. The minimum atomic E-state index is -0.524. The zero-order valence-electron chi connectivity index (χ0n) is 10.9. The van der Waals surface area contributed by atoms with Crippen LogP contribution in [0.5, 0.6) is 0 Å². The van der Waals surface area contributed by atoms with Crippen LogP contribution in [0.4, 0.5) is 0 Å². The van der Waals surface area contributed by atoms with E-state index in [-0.39, 0.29) is 38.3 Å². The molecule has 0 spiro atoms. The minimum absolute atomic E-state index is 0.0263. The van der Waals surface area contributed by atoms with E-state index < -0.39 is 11.8 Å². The second-order valence-corrected chi connectivity index (χ2v) is 3.80. The molecule has 106 valence electrons. The Morgan fingerprint density at radius 1 is 1.11 bits per heavy atom. The average Bonchev–Trinajstić information content (AvgIpc) is 2.41. The van der Waals surface area contributed by atoms with Crippen LogP contribution in [0, 0.1) is 0 Å². The SMILES string of the molecule is CCC(=O)CCC(=O)N(CC=O)CC(=O)NCC=O. The standard InChI is InChI=1S/C12H18N2O5/c1-2-10(17)3-4-12(19)14(6-8-16)9-11(18)13-5-7-15/h7-8H,2-6,9H2,1H3,(H,13,18). The van der Waals surface area contributed by atoms with Gasteiger partial charge in [0.15, 0.2) is 0 Å². The van der Waals surface area contributed by atoms with Crippen molar-refractivity contribution in [3.63, 3.8) is 0 Å². The third-order valence-electron chi connectivity index (χ3n) is 2.38. The van der Waals surface area contributed by atoms with E-state index >= 15 is 0 Å². The van der Waals surface area contributed by atoms with E-state index in [9.17, 15) is 24.0 Å². The van der Waals surface area contributed by atoms with Crippen molar-refractivity contribution >= 4 is 30.2 Å². The first-order chi connectivity index (χ1) is 9.04. The van der Waals surface area contributed by atoms with Crippen molar-refractivity contribution in [2.75, 3.05) is 19.6 Å². The van der Waals surface area contributed by atoms with Gasteiger partial charge in [0.2, 0.25) is 11.8 Å². The molecule has 7 nitrogen and oxygen atoms in total. The summed E-state index contributed by atoms with van der Waals surface area (Å²) in [6, 6.07) is 0. The molecule has 0 rings (SSSR count). The van der Waals surface area contributed by atoms with Gasteiger partial charge in [0, 0.05) is 19.3 Å². The summed E-state index contributed by atoms with van der Waals surface area (Å²) in [7, 11) is 0. The van der Waals surface area contributed by atoms with Crippen molar-refractivity contribution in [2.24, 2.45) is 0 Å². The van der Waals surface area contributed by atoms with E-state index in [1.807, 2.05) is 0 Å². The Morgan fingerprint density at radius 3 is 2.32 bits per heavy atom. The Bertz CT molecular complexity index is 354. The molecule has 0 heterocycles. The minimum Gasteiger partial charge on any atom is -0.348 e. The van der Waals surface area contributed by atoms with Gasteiger partial charge in [-0.15, -0.1) is 0 Å². The van der Waals surface area contributed by atoms with Crippen LogP contribution in [0.1, 0.15) is 26.2 Å². The Morgan fingerprint density at radius 2 is 1.79 bits per heavy atom. The van der Waals surface area contributed by atoms with Crippen LogP contribution < -0.4 is 5.32 Å². The van der Waals surface area contributed by atoms with Gasteiger partial charge in [-0.05, 0) is 0 Å². The molecule has 0 aromatic carbocycles. The zero-order valence-corrected chi connectivity index (χ0v) is 10.9. The lowest BCUT2D eigenvalue weighted by atomic mass is 10.1. The highest BCUT2D eigenvalue weighted by Crippen LogP contribution is 2.00. The van der Waals surface area contributed by atoms with Crippen LogP contribution >= 0.6 is 0 Å². The Labute approximate surface area is 111 Å². The largest absolute Gasteiger partial charge is 0.348 e. The summed E-state index contributed by atoms with van der Waals surface area (Å²) in [4.78, 5) is 55.8. The maximum absolute atomic E-state index is 11.7. The number of hydrogen-bond donors (Lipinski definition) is 1. The summed E-state index contributed by atoms with van der Waals surface area (Å²) >= 11 is 0. The molecular formula is C12H18N2O5. The van der Waals surface area contributed by atoms with E-state index in [0.29, 0.717) is 19.0 Å². The number of carbonyl (C=O) groups excluding carboxylic acids is 5. The fourth-order valence-electron chi connectivity index (χ4n) is 1.31. The molecule has 0 unspecified atom stereocenters. The van der Waals surface area contributed by atoms with Crippen molar-refractivity contribution in [3.05, 3.63) is 0 Å². The maximum Gasteiger partial charge on any atom is 0.239 e. The van der Waals surface area contributed by atoms with Gasteiger partial charge in [-0.25, -0.2) is 0 Å². The van der Waals surface area contributed by atoms with E-state index in [4.69, 9.17) is 0 Å². The summed E-state index contributed by atoms with van der Waals surface area (Å²) in [6.45, 7) is 1.04. The number of carbonyl (C=O) groups is 5. The first kappa shape index (κ1) is 16.9. The summed E-state index contributed by atoms with van der Waals surface area (Å²) in [5.74, 6) is -1.01. The zero-order chi connectivity index (χ0) is 14.7. The molecule has 0 atom stereocenters. The molecule has 0 aliphatic rings. The lowest BCUT2D eigenvalue weighted by Gasteiger charge is -2.19. The predicted octanol–water partition coefficient (Wildman–Crippen LogP) is -0.912. The van der Waals surface area contributed by atoms with Crippen LogP contribution in [-0.2, 0) is 24.0 Å². The molecule has 2 amide bonds. The van der Waals surface area contributed by atoms with Crippen molar-refractivity contribution in [3.8, 4) is 0 Å². The number of aldehydes is 2. The van der Waals surface area contributed by atoms with E-state index in [1.54, 1.807) is 6.92 Å². The van der Waals surface area contributed by atoms with E-state index in [1.165, 1.54) is 0 Å². The third kappa shape index (κ3) is 7.80. The van der Waals surface area contributed by atoms with Gasteiger partial charge in [0.1, 0.15) is 18.4 Å². The number of nitrogens with zero attached hydrogens (tertiary/aromatic N) is 1. The van der Waals surface area contributed by atoms with E-state index in [2.05, 4.69) is 5.32 Å². The highest BCUT2D eigenvalue weighted by molar-refractivity contribution is 5.89. The van der Waals surface area contributed by atoms with Crippen molar-refractivity contribution in [2.45, 2.75) is 26.2 Å². The predicted molar refractivity (Wildman–Crippen MR) is 66.2 cm³/mol. The first-order valence-electron chi connectivity index (χ1n) is 5.98. The smallest absolute Gasteiger partial charge is 0.239 e. The van der Waals surface area contributed by atoms with E-state index in [0.717, 1.165) is 4.90 Å². The van der Waals surface area contributed by atoms with Crippen molar-refractivity contribution in [1.82, 2.24) is 10.2 Å². The van der Waals surface area contributed by atoms with Crippen LogP contribution in [0.15, 0.2) is 0 Å². The average molecular weight is 270 g/mol. The number of rotatable bonds is 10. The second kappa shape index (κ2) is 9.93. The Hall–Kier alpha value is -2.05. The number of hydrogen-bond acceptors (Lipinski definition) is 5. The molecule has 19 heavy (non-hydrogen) atoms. The van der Waals surface area contributed by atoms with Gasteiger partial charge in [0.25, 0.3) is 0 Å². The molecule has 7 heteroatoms. The van der Waals surface area contributed by atoms with Gasteiger partial charge < -0.3 is 19.8 Å². The summed E-state index contributed by atoms with van der Waals surface area (Å²) in [5, 5.41) is 2.27. The summed E-state index contributed by atoms with van der Waals surface area (Å²) in [5.41, 5.74) is 0. The normalized spacial score (nSPS) is 9.53. The molecular weight excluding hydrogens is 252 g/mol. The quantitative estimate of drug-likeness (QED) is 0.518. The molecule has 0 saturated carbocycles. The molecule has 0 fully saturated rings. The Balaban J connectivity index is 4.32. The van der Waals surface area contributed by atoms with Crippen LogP contribution in [-0.4, -0.2) is 54.7 Å². The number of Topliss-reactive ketones (excluding diaryl/α,β-unsaturated/α-hetero) is 1. The molecule has 0 aromatic rings. The molecule has 0 aliphatic heterocycles. The van der Waals surface area contributed by atoms with Gasteiger partial charge in [0.05, 0.1) is 19.6 Å². The van der Waals surface area contributed by atoms with Crippen LogP contribution in [0.2, 0.25) is 0 Å². The molecule has 0 radical (unpaired) electrons. The van der Waals surface area contributed by atoms with Gasteiger partial charge >= 0.3 is 0 Å². The second-order valence-electron chi connectivity index (χ2n) is 3.80. The van der Waals surface area contributed by atoms with Gasteiger partial charge in [-0.1, -0.05) is 6.92 Å². The van der Waals surface area contributed by atoms with Crippen molar-refractivity contribution < 1.29 is 24.0 Å². The highest BCUT2D eigenvalue weighted by atomic mass is 16.2. The van der Waals surface area contributed by atoms with Gasteiger partial charge in [-0.2, -0.15) is 0 Å². The summed E-state index contributed by atoms with van der Waals surface area (Å²) < 4.78 is 0. The summed E-state index contributed by atoms with van der Waals surface area (Å²) in [6.07, 6.45) is 1.44. The molecule has 0 aromatic heterocycles. The molecule has 0 bridgehead atoms. The highest BCUT2D eigenvalue weighted by Gasteiger charge is 2.17. The van der Waals surface area contributed by atoms with Crippen LogP contribution in [0.3, 0.4) is 0 Å². The van der Waals surface area contributed by atoms with Crippen molar-refractivity contribution in [1.29, 1.82) is 0 Å². The maximum atomic E-state index is 11.7. The molecule has 0 aliphatic carbocycles. The number of amides is 2. The third-order valence-corrected chi connectivity index (χ3v) is 2.38. The van der Waals surface area contributed by atoms with Crippen LogP contribution in [0.25, 0.3) is 0 Å². The molecule has 0 saturated heterocycles. The Kier molecular flexibility index (Phi) is 8.86. The fourth-order valence-corrected chi connectivity index (χ4v) is 1.31. The van der Waals surface area contributed by atoms with Gasteiger partial charge in [-0.3, -0.25) is 14.4 Å². The fraction of sp³-hybridized carbons (Fsp3) is 0.583. The topological polar surface area (TPSA) is 101 Å². The first-order valence-corrected chi connectivity index (χ1v) is 5.98. The lowest BCUT2D eigenvalue weighted by Crippen LogP contribution is -2.42. The molecule has 1 N–H and O–H groups in total.